The Labute approximate surface area is 78.8 Å². The highest BCUT2D eigenvalue weighted by atomic mass is 19.1. The lowest BCUT2D eigenvalue weighted by molar-refractivity contribution is 0.582. The van der Waals surface area contributed by atoms with Crippen molar-refractivity contribution < 1.29 is 4.39 Å². The topological polar surface area (TPSA) is 26.0 Å². The van der Waals surface area contributed by atoms with Crippen molar-refractivity contribution in [1.29, 1.82) is 0 Å². The molecule has 13 heavy (non-hydrogen) atoms. The second kappa shape index (κ2) is 4.38. The van der Waals surface area contributed by atoms with Crippen LogP contribution in [0.2, 0.25) is 0 Å². The zero-order chi connectivity index (χ0) is 9.84. The van der Waals surface area contributed by atoms with Gasteiger partial charge in [0.2, 0.25) is 0 Å². The fourth-order valence-electron chi connectivity index (χ4n) is 1.32. The van der Waals surface area contributed by atoms with Crippen LogP contribution in [0.5, 0.6) is 0 Å². The molecule has 0 aliphatic heterocycles. The Balaban J connectivity index is 2.81. The molecule has 0 saturated carbocycles. The van der Waals surface area contributed by atoms with Gasteiger partial charge in [-0.15, -0.1) is 0 Å². The Morgan fingerprint density at radius 3 is 2.77 bits per heavy atom. The first kappa shape index (κ1) is 10.2. The SMILES string of the molecule is Cc1ccc(F)cc1CC(C)CN. The van der Waals surface area contributed by atoms with E-state index in [0.29, 0.717) is 12.5 Å². The Morgan fingerprint density at radius 2 is 2.15 bits per heavy atom. The van der Waals surface area contributed by atoms with E-state index in [4.69, 9.17) is 5.73 Å². The van der Waals surface area contributed by atoms with E-state index in [0.717, 1.165) is 17.5 Å². The van der Waals surface area contributed by atoms with Gasteiger partial charge in [0.25, 0.3) is 0 Å². The zero-order valence-corrected chi connectivity index (χ0v) is 8.18. The van der Waals surface area contributed by atoms with Crippen LogP contribution in [0.3, 0.4) is 0 Å². The van der Waals surface area contributed by atoms with Crippen molar-refractivity contribution >= 4 is 0 Å². The molecule has 0 aliphatic rings. The summed E-state index contributed by atoms with van der Waals surface area (Å²) in [5.74, 6) is 0.255. The van der Waals surface area contributed by atoms with Crippen LogP contribution in [0.25, 0.3) is 0 Å². The van der Waals surface area contributed by atoms with Gasteiger partial charge in [0.15, 0.2) is 0 Å². The van der Waals surface area contributed by atoms with Gasteiger partial charge in [0.05, 0.1) is 0 Å². The highest BCUT2D eigenvalue weighted by molar-refractivity contribution is 5.26. The molecule has 0 aliphatic carbocycles. The number of hydrogen-bond acceptors (Lipinski definition) is 1. The van der Waals surface area contributed by atoms with Gasteiger partial charge in [-0.25, -0.2) is 4.39 Å². The molecular weight excluding hydrogens is 165 g/mol. The molecule has 1 atom stereocenters. The van der Waals surface area contributed by atoms with Gasteiger partial charge in [0, 0.05) is 0 Å². The van der Waals surface area contributed by atoms with Gasteiger partial charge in [-0.05, 0) is 49.1 Å². The lowest BCUT2D eigenvalue weighted by Crippen LogP contribution is -2.13. The molecule has 0 amide bonds. The molecular formula is C11H16FN. The molecule has 1 aromatic rings. The molecule has 72 valence electrons. The Hall–Kier alpha value is -0.890. The molecule has 0 fully saturated rings. The minimum Gasteiger partial charge on any atom is -0.330 e. The van der Waals surface area contributed by atoms with Crippen LogP contribution < -0.4 is 5.73 Å². The fraction of sp³-hybridized carbons (Fsp3) is 0.455. The van der Waals surface area contributed by atoms with E-state index < -0.39 is 0 Å². The van der Waals surface area contributed by atoms with Crippen LogP contribution in [-0.4, -0.2) is 6.54 Å². The van der Waals surface area contributed by atoms with Crippen molar-refractivity contribution in [2.24, 2.45) is 11.7 Å². The quantitative estimate of drug-likeness (QED) is 0.760. The van der Waals surface area contributed by atoms with E-state index in [1.165, 1.54) is 6.07 Å². The third-order valence-electron chi connectivity index (χ3n) is 2.28. The minimum atomic E-state index is -0.162. The van der Waals surface area contributed by atoms with Gasteiger partial charge in [-0.1, -0.05) is 13.0 Å². The average molecular weight is 181 g/mol. The fourth-order valence-corrected chi connectivity index (χ4v) is 1.32. The number of rotatable bonds is 3. The maximum atomic E-state index is 12.9. The molecule has 0 saturated heterocycles. The molecule has 0 aromatic heterocycles. The maximum Gasteiger partial charge on any atom is 0.123 e. The number of benzene rings is 1. The lowest BCUT2D eigenvalue weighted by atomic mass is 9.97. The predicted molar refractivity (Wildman–Crippen MR) is 53.1 cm³/mol. The average Bonchev–Trinajstić information content (AvgIpc) is 2.11. The van der Waals surface area contributed by atoms with Gasteiger partial charge in [-0.2, -0.15) is 0 Å². The summed E-state index contributed by atoms with van der Waals surface area (Å²) in [6, 6.07) is 4.90. The molecule has 0 spiro atoms. The molecule has 0 bridgehead atoms. The molecule has 0 heterocycles. The standard InChI is InChI=1S/C11H16FN/c1-8(7-13)5-10-6-11(12)4-3-9(10)2/h3-4,6,8H,5,7,13H2,1-2H3. The number of nitrogens with two attached hydrogens (primary N) is 1. The first-order valence-corrected chi connectivity index (χ1v) is 4.58. The molecule has 1 unspecified atom stereocenters. The number of hydrogen-bond donors (Lipinski definition) is 1. The highest BCUT2D eigenvalue weighted by Gasteiger charge is 2.04. The van der Waals surface area contributed by atoms with Crippen LogP contribution in [0.4, 0.5) is 4.39 Å². The Bertz CT molecular complexity index is 283. The predicted octanol–water partition coefficient (Wildman–Crippen LogP) is 2.27. The summed E-state index contributed by atoms with van der Waals surface area (Å²) in [6.07, 6.45) is 0.861. The third-order valence-corrected chi connectivity index (χ3v) is 2.28. The van der Waals surface area contributed by atoms with Crippen LogP contribution in [0, 0.1) is 18.7 Å². The summed E-state index contributed by atoms with van der Waals surface area (Å²) in [5, 5.41) is 0. The van der Waals surface area contributed by atoms with E-state index in [-0.39, 0.29) is 5.82 Å². The van der Waals surface area contributed by atoms with Crippen molar-refractivity contribution in [3.63, 3.8) is 0 Å². The lowest BCUT2D eigenvalue weighted by Gasteiger charge is -2.10. The smallest absolute Gasteiger partial charge is 0.123 e. The zero-order valence-electron chi connectivity index (χ0n) is 8.18. The Morgan fingerprint density at radius 1 is 1.46 bits per heavy atom. The molecule has 2 N–H and O–H groups in total. The van der Waals surface area contributed by atoms with E-state index >= 15 is 0 Å². The number of aryl methyl sites for hydroxylation is 1. The van der Waals surface area contributed by atoms with Crippen LogP contribution in [-0.2, 0) is 6.42 Å². The van der Waals surface area contributed by atoms with E-state index in [1.54, 1.807) is 6.07 Å². The van der Waals surface area contributed by atoms with Crippen molar-refractivity contribution in [2.45, 2.75) is 20.3 Å². The molecule has 1 nitrogen and oxygen atoms in total. The van der Waals surface area contributed by atoms with E-state index in [2.05, 4.69) is 6.92 Å². The largest absolute Gasteiger partial charge is 0.330 e. The second-order valence-electron chi connectivity index (χ2n) is 3.62. The van der Waals surface area contributed by atoms with Crippen molar-refractivity contribution in [3.05, 3.63) is 35.1 Å². The first-order chi connectivity index (χ1) is 6.13. The molecule has 0 radical (unpaired) electrons. The summed E-state index contributed by atoms with van der Waals surface area (Å²) < 4.78 is 12.9. The third kappa shape index (κ3) is 2.81. The van der Waals surface area contributed by atoms with E-state index in [1.807, 2.05) is 13.0 Å². The molecule has 2 heteroatoms. The van der Waals surface area contributed by atoms with Gasteiger partial charge < -0.3 is 5.73 Å². The molecule has 1 aromatic carbocycles. The van der Waals surface area contributed by atoms with Crippen LogP contribution >= 0.6 is 0 Å². The van der Waals surface area contributed by atoms with Crippen LogP contribution in [0.1, 0.15) is 18.1 Å². The Kier molecular flexibility index (Phi) is 3.43. The second-order valence-corrected chi connectivity index (χ2v) is 3.62. The maximum absolute atomic E-state index is 12.9. The molecule has 1 rings (SSSR count). The highest BCUT2D eigenvalue weighted by Crippen LogP contribution is 2.14. The summed E-state index contributed by atoms with van der Waals surface area (Å²) >= 11 is 0. The summed E-state index contributed by atoms with van der Waals surface area (Å²) in [6.45, 7) is 4.72. The van der Waals surface area contributed by atoms with Crippen molar-refractivity contribution in [3.8, 4) is 0 Å². The summed E-state index contributed by atoms with van der Waals surface area (Å²) in [7, 11) is 0. The van der Waals surface area contributed by atoms with E-state index in [9.17, 15) is 4.39 Å². The van der Waals surface area contributed by atoms with Crippen molar-refractivity contribution in [2.75, 3.05) is 6.54 Å². The monoisotopic (exact) mass is 181 g/mol. The normalized spacial score (nSPS) is 12.9. The van der Waals surface area contributed by atoms with Crippen LogP contribution in [0.15, 0.2) is 18.2 Å². The van der Waals surface area contributed by atoms with Crippen molar-refractivity contribution in [1.82, 2.24) is 0 Å². The minimum absolute atomic E-state index is 0.162. The first-order valence-electron chi connectivity index (χ1n) is 4.58. The van der Waals surface area contributed by atoms with Gasteiger partial charge in [-0.3, -0.25) is 0 Å². The summed E-state index contributed by atoms with van der Waals surface area (Å²) in [5.41, 5.74) is 7.72. The van der Waals surface area contributed by atoms with Gasteiger partial charge in [0.1, 0.15) is 5.82 Å². The number of halogens is 1. The summed E-state index contributed by atoms with van der Waals surface area (Å²) in [4.78, 5) is 0. The van der Waals surface area contributed by atoms with Gasteiger partial charge >= 0.3 is 0 Å².